The van der Waals surface area contributed by atoms with Crippen molar-refractivity contribution in [1.82, 2.24) is 0 Å². The highest BCUT2D eigenvalue weighted by molar-refractivity contribution is 6.31. The lowest BCUT2D eigenvalue weighted by atomic mass is 9.72. The topological polar surface area (TPSA) is 53.0 Å². The van der Waals surface area contributed by atoms with E-state index in [0.29, 0.717) is 27.5 Å². The number of nitrogens with zero attached hydrogens (tertiary/aromatic N) is 3. The van der Waals surface area contributed by atoms with E-state index in [1.807, 2.05) is 103 Å². The normalized spacial score (nSPS) is 19.4. The molecule has 2 aliphatic rings. The number of hydrazone groups is 1. The third kappa shape index (κ3) is 3.81. The molecule has 0 bridgehead atoms. The summed E-state index contributed by atoms with van der Waals surface area (Å²) in [7, 11) is 0. The van der Waals surface area contributed by atoms with E-state index in [1.165, 1.54) is 4.90 Å². The Labute approximate surface area is 242 Å². The first-order valence-corrected chi connectivity index (χ1v) is 13.8. The van der Waals surface area contributed by atoms with Gasteiger partial charge in [0, 0.05) is 16.1 Å². The first-order chi connectivity index (χ1) is 20.1. The molecular formula is C35H24ClN3O2. The summed E-state index contributed by atoms with van der Waals surface area (Å²) in [5.74, 6) is -1.26. The van der Waals surface area contributed by atoms with Gasteiger partial charge in [-0.25, -0.2) is 9.91 Å². The lowest BCUT2D eigenvalue weighted by Gasteiger charge is -2.38. The van der Waals surface area contributed by atoms with Gasteiger partial charge >= 0.3 is 0 Å². The molecule has 0 saturated heterocycles. The fourth-order valence-electron chi connectivity index (χ4n) is 6.07. The first kappa shape index (κ1) is 25.0. The van der Waals surface area contributed by atoms with Crippen molar-refractivity contribution >= 4 is 40.5 Å². The second-order valence-corrected chi connectivity index (χ2v) is 10.5. The Balaban J connectivity index is 1.54. The number of carbonyl (C=O) groups is 2. The maximum atomic E-state index is 15.2. The van der Waals surface area contributed by atoms with Crippen LogP contribution in [0.25, 0.3) is 0 Å². The molecule has 0 radical (unpaired) electrons. The van der Waals surface area contributed by atoms with Crippen molar-refractivity contribution in [3.63, 3.8) is 0 Å². The minimum atomic E-state index is -1.37. The van der Waals surface area contributed by atoms with Gasteiger partial charge in [0.1, 0.15) is 0 Å². The molecule has 0 N–H and O–H groups in total. The molecule has 7 rings (SSSR count). The van der Waals surface area contributed by atoms with Gasteiger partial charge in [-0.05, 0) is 53.6 Å². The highest BCUT2D eigenvalue weighted by Crippen LogP contribution is 2.57. The van der Waals surface area contributed by atoms with Crippen LogP contribution in [-0.2, 0) is 10.3 Å². The number of para-hydroxylation sites is 1. The fourth-order valence-corrected chi connectivity index (χ4v) is 6.19. The lowest BCUT2D eigenvalue weighted by molar-refractivity contribution is -0.122. The minimum Gasteiger partial charge on any atom is -0.271 e. The quantitative estimate of drug-likeness (QED) is 0.217. The van der Waals surface area contributed by atoms with Crippen molar-refractivity contribution in [2.45, 2.75) is 11.5 Å². The van der Waals surface area contributed by atoms with Crippen LogP contribution in [0.5, 0.6) is 0 Å². The summed E-state index contributed by atoms with van der Waals surface area (Å²) in [5, 5.41) is 7.59. The molecule has 41 heavy (non-hydrogen) atoms. The van der Waals surface area contributed by atoms with Crippen LogP contribution < -0.4 is 9.91 Å². The van der Waals surface area contributed by atoms with E-state index in [1.54, 1.807) is 41.4 Å². The van der Waals surface area contributed by atoms with Crippen LogP contribution in [0.4, 0.5) is 11.4 Å². The van der Waals surface area contributed by atoms with E-state index in [2.05, 4.69) is 0 Å². The maximum Gasteiger partial charge on any atom is 0.267 e. The predicted molar refractivity (Wildman–Crippen MR) is 162 cm³/mol. The van der Waals surface area contributed by atoms with Gasteiger partial charge < -0.3 is 0 Å². The first-order valence-electron chi connectivity index (χ1n) is 13.4. The average molecular weight is 554 g/mol. The summed E-state index contributed by atoms with van der Waals surface area (Å²) in [6.07, 6.45) is 0. The number of halogens is 1. The van der Waals surface area contributed by atoms with Gasteiger partial charge in [-0.3, -0.25) is 9.59 Å². The number of amides is 2. The van der Waals surface area contributed by atoms with Gasteiger partial charge in [0.05, 0.1) is 23.0 Å². The van der Waals surface area contributed by atoms with E-state index in [0.717, 1.165) is 16.8 Å². The monoisotopic (exact) mass is 553 g/mol. The zero-order valence-electron chi connectivity index (χ0n) is 21.9. The van der Waals surface area contributed by atoms with E-state index >= 15 is 4.79 Å². The molecular weight excluding hydrogens is 530 g/mol. The minimum absolute atomic E-state index is 0.356. The number of rotatable bonds is 4. The van der Waals surface area contributed by atoms with Gasteiger partial charge in [-0.1, -0.05) is 109 Å². The summed E-state index contributed by atoms with van der Waals surface area (Å²) in [4.78, 5) is 30.6. The molecule has 0 saturated carbocycles. The molecule has 2 aliphatic heterocycles. The Morgan fingerprint density at radius 1 is 0.707 bits per heavy atom. The summed E-state index contributed by atoms with van der Waals surface area (Å²) in [6.45, 7) is 0. The molecule has 2 heterocycles. The highest BCUT2D eigenvalue weighted by atomic mass is 35.5. The predicted octanol–water partition coefficient (Wildman–Crippen LogP) is 7.43. The standard InChI is InChI=1S/C35H24ClN3O2/c36-27-20-22-28(23-21-27)39-35(31(24-12-4-1-5-13-24)32(37-39)25-14-6-2-7-15-25)29-18-10-11-19-30(29)38(34(35)41)33(40)26-16-8-3-9-17-26/h1-23,31H/t31-,35-/m1/s1. The van der Waals surface area contributed by atoms with Crippen molar-refractivity contribution in [3.05, 3.63) is 167 Å². The largest absolute Gasteiger partial charge is 0.271 e. The van der Waals surface area contributed by atoms with Gasteiger partial charge in [0.15, 0.2) is 5.54 Å². The molecule has 0 unspecified atom stereocenters. The van der Waals surface area contributed by atoms with Gasteiger partial charge in [0.25, 0.3) is 11.8 Å². The van der Waals surface area contributed by atoms with Crippen LogP contribution in [0.15, 0.2) is 145 Å². The van der Waals surface area contributed by atoms with Gasteiger partial charge in [0.2, 0.25) is 0 Å². The Morgan fingerprint density at radius 2 is 1.29 bits per heavy atom. The number of imide groups is 1. The molecule has 5 nitrogen and oxygen atoms in total. The van der Waals surface area contributed by atoms with Crippen LogP contribution >= 0.6 is 11.6 Å². The molecule has 0 aromatic heterocycles. The van der Waals surface area contributed by atoms with Crippen LogP contribution in [0.3, 0.4) is 0 Å². The molecule has 198 valence electrons. The van der Waals surface area contributed by atoms with E-state index < -0.39 is 11.5 Å². The molecule has 5 aromatic rings. The second-order valence-electron chi connectivity index (χ2n) is 10.1. The van der Waals surface area contributed by atoms with Gasteiger partial charge in [-0.15, -0.1) is 0 Å². The summed E-state index contributed by atoms with van der Waals surface area (Å²) >= 11 is 6.29. The molecule has 2 amide bonds. The number of hydrogen-bond acceptors (Lipinski definition) is 4. The molecule has 0 aliphatic carbocycles. The molecule has 6 heteroatoms. The zero-order valence-corrected chi connectivity index (χ0v) is 22.6. The van der Waals surface area contributed by atoms with E-state index in [9.17, 15) is 4.79 Å². The summed E-state index contributed by atoms with van der Waals surface area (Å²) in [6, 6.07) is 43.6. The van der Waals surface area contributed by atoms with Crippen molar-refractivity contribution in [2.75, 3.05) is 9.91 Å². The highest BCUT2D eigenvalue weighted by Gasteiger charge is 2.65. The third-order valence-corrected chi connectivity index (χ3v) is 8.07. The smallest absolute Gasteiger partial charge is 0.267 e. The average Bonchev–Trinajstić information content (AvgIpc) is 3.52. The summed E-state index contributed by atoms with van der Waals surface area (Å²) < 4.78 is 0. The van der Waals surface area contributed by atoms with E-state index in [-0.39, 0.29) is 11.8 Å². The van der Waals surface area contributed by atoms with E-state index in [4.69, 9.17) is 16.7 Å². The number of carbonyl (C=O) groups excluding carboxylic acids is 2. The maximum absolute atomic E-state index is 15.2. The molecule has 1 spiro atoms. The van der Waals surface area contributed by atoms with Crippen LogP contribution in [0, 0.1) is 0 Å². The van der Waals surface area contributed by atoms with Crippen LogP contribution in [-0.4, -0.2) is 17.5 Å². The fraction of sp³-hybridized carbons (Fsp3) is 0.0571. The Morgan fingerprint density at radius 3 is 1.98 bits per heavy atom. The zero-order chi connectivity index (χ0) is 28.0. The number of hydrogen-bond donors (Lipinski definition) is 0. The molecule has 0 fully saturated rings. The number of benzene rings is 5. The number of fused-ring (bicyclic) bond motifs is 2. The Bertz CT molecular complexity index is 1790. The SMILES string of the molecule is O=C(c1ccccc1)N1C(=O)[C@@]2(c3ccccc31)[C@H](c1ccccc1)C(c1ccccc1)=NN2c1ccc(Cl)cc1. The molecule has 5 aromatic carbocycles. The van der Waals surface area contributed by atoms with Crippen molar-refractivity contribution in [3.8, 4) is 0 Å². The van der Waals surface area contributed by atoms with Crippen molar-refractivity contribution in [2.24, 2.45) is 5.10 Å². The lowest BCUT2D eigenvalue weighted by Crippen LogP contribution is -2.54. The third-order valence-electron chi connectivity index (χ3n) is 7.82. The van der Waals surface area contributed by atoms with Gasteiger partial charge in [-0.2, -0.15) is 5.10 Å². The molecule has 2 atom stereocenters. The second kappa shape index (κ2) is 9.88. The Hall–Kier alpha value is -5.00. The van der Waals surface area contributed by atoms with Crippen LogP contribution in [0.2, 0.25) is 5.02 Å². The number of anilines is 2. The summed E-state index contributed by atoms with van der Waals surface area (Å²) in [5.41, 5.74) is 3.58. The van der Waals surface area contributed by atoms with Crippen molar-refractivity contribution in [1.29, 1.82) is 0 Å². The Kier molecular flexibility index (Phi) is 6.02. The van der Waals surface area contributed by atoms with Crippen LogP contribution in [0.1, 0.15) is 33.0 Å². The van der Waals surface area contributed by atoms with Crippen molar-refractivity contribution < 1.29 is 9.59 Å².